The Labute approximate surface area is 75.2 Å². The van der Waals surface area contributed by atoms with E-state index in [1.807, 2.05) is 0 Å². The van der Waals surface area contributed by atoms with Crippen LogP contribution in [0.1, 0.15) is 0 Å². The molecule has 0 spiro atoms. The van der Waals surface area contributed by atoms with Crippen LogP contribution < -0.4 is 18.9 Å². The van der Waals surface area contributed by atoms with Crippen LogP contribution in [0.4, 0.5) is 8.78 Å². The van der Waals surface area contributed by atoms with Gasteiger partial charge in [-0.15, -0.1) is 0 Å². The summed E-state index contributed by atoms with van der Waals surface area (Å²) in [4.78, 5) is 3.49. The van der Waals surface area contributed by atoms with Gasteiger partial charge in [-0.1, -0.05) is 0 Å². The summed E-state index contributed by atoms with van der Waals surface area (Å²) in [7, 11) is 0. The van der Waals surface area contributed by atoms with Crippen molar-refractivity contribution >= 4 is 6.21 Å². The third-order valence-corrected chi connectivity index (χ3v) is 0.873. The molecule has 1 N–H and O–H groups in total. The van der Waals surface area contributed by atoms with Crippen LogP contribution in [0.2, 0.25) is 0 Å². The minimum Gasteiger partial charge on any atom is -0.870 e. The number of rotatable bonds is 0. The summed E-state index contributed by atoms with van der Waals surface area (Å²) < 4.78 is 24.4. The van der Waals surface area contributed by atoms with Crippen molar-refractivity contribution in [3.05, 3.63) is 24.4 Å². The van der Waals surface area contributed by atoms with Crippen LogP contribution in [0.15, 0.2) is 29.4 Å². The first kappa shape index (κ1) is 13.2. The second-order valence-electron chi connectivity index (χ2n) is 1.65. The molecular formula is C6H6F2LiNO. The third-order valence-electron chi connectivity index (χ3n) is 0.873. The topological polar surface area (TPSA) is 42.4 Å². The summed E-state index contributed by atoms with van der Waals surface area (Å²) in [5, 5.41) is 0. The summed E-state index contributed by atoms with van der Waals surface area (Å²) in [6.45, 7) is 0. The number of hydrogen-bond donors (Lipinski definition) is 0. The van der Waals surface area contributed by atoms with E-state index in [1.54, 1.807) is 0 Å². The van der Waals surface area contributed by atoms with Crippen molar-refractivity contribution in [1.82, 2.24) is 0 Å². The normalized spacial score (nSPS) is 18.0. The monoisotopic (exact) mass is 153 g/mol. The number of halogens is 2. The van der Waals surface area contributed by atoms with Gasteiger partial charge < -0.3 is 5.48 Å². The first-order valence-corrected chi connectivity index (χ1v) is 2.47. The van der Waals surface area contributed by atoms with E-state index in [1.165, 1.54) is 12.3 Å². The molecule has 0 aliphatic carbocycles. The molecule has 1 heterocycles. The molecule has 1 aliphatic heterocycles. The Morgan fingerprint density at radius 3 is 2.45 bits per heavy atom. The molecule has 0 unspecified atom stereocenters. The number of allylic oxidation sites excluding steroid dienone is 3. The van der Waals surface area contributed by atoms with Crippen molar-refractivity contribution in [1.29, 1.82) is 0 Å². The van der Waals surface area contributed by atoms with Crippen LogP contribution in [0.5, 0.6) is 0 Å². The zero-order valence-corrected chi connectivity index (χ0v) is 6.04. The van der Waals surface area contributed by atoms with E-state index in [9.17, 15) is 8.78 Å². The Morgan fingerprint density at radius 1 is 1.18 bits per heavy atom. The number of aliphatic imine (C=N–C) groups is 1. The Balaban J connectivity index is 0. The Bertz CT molecular complexity index is 171. The molecule has 0 saturated carbocycles. The van der Waals surface area contributed by atoms with Gasteiger partial charge in [-0.05, 0) is 12.2 Å². The number of alkyl halides is 2. The third kappa shape index (κ3) is 4.91. The molecular weight excluding hydrogens is 147 g/mol. The molecule has 0 aromatic carbocycles. The fourth-order valence-corrected chi connectivity index (χ4v) is 0.469. The van der Waals surface area contributed by atoms with Crippen LogP contribution in [0.25, 0.3) is 0 Å². The van der Waals surface area contributed by atoms with E-state index < -0.39 is 5.92 Å². The zero-order chi connectivity index (χ0) is 6.74. The van der Waals surface area contributed by atoms with E-state index in [2.05, 4.69) is 4.99 Å². The minimum atomic E-state index is -2.82. The van der Waals surface area contributed by atoms with Crippen LogP contribution in [0.3, 0.4) is 0 Å². The Morgan fingerprint density at radius 2 is 1.82 bits per heavy atom. The average molecular weight is 153 g/mol. The second kappa shape index (κ2) is 5.25. The van der Waals surface area contributed by atoms with Gasteiger partial charge in [0.25, 0.3) is 5.92 Å². The molecule has 1 rings (SSSR count). The van der Waals surface area contributed by atoms with Crippen molar-refractivity contribution in [2.75, 3.05) is 0 Å². The minimum absolute atomic E-state index is 0. The molecule has 0 saturated heterocycles. The van der Waals surface area contributed by atoms with Gasteiger partial charge in [-0.25, -0.2) is 0 Å². The molecule has 0 radical (unpaired) electrons. The summed E-state index contributed by atoms with van der Waals surface area (Å²) >= 11 is 0. The van der Waals surface area contributed by atoms with Crippen molar-refractivity contribution in [3.63, 3.8) is 0 Å². The molecule has 11 heavy (non-hydrogen) atoms. The largest absolute Gasteiger partial charge is 1.00 e. The molecule has 0 amide bonds. The van der Waals surface area contributed by atoms with Gasteiger partial charge >= 0.3 is 18.9 Å². The second-order valence-corrected chi connectivity index (χ2v) is 1.65. The first-order chi connectivity index (χ1) is 4.21. The molecule has 0 aromatic heterocycles. The fraction of sp³-hybridized carbons (Fsp3) is 0.167. The van der Waals surface area contributed by atoms with E-state index in [0.717, 1.165) is 18.4 Å². The standard InChI is InChI=1S/C6H5F2N.Li.H2O/c7-6(8)2-1-4-9-5-3-6;;/h1-5H;;1H2/q;+1;/p-1. The number of nitrogens with zero attached hydrogens (tertiary/aromatic N) is 1. The van der Waals surface area contributed by atoms with Gasteiger partial charge in [-0.2, -0.15) is 8.78 Å². The molecule has 1 aliphatic rings. The molecule has 56 valence electrons. The quantitative estimate of drug-likeness (QED) is 0.395. The van der Waals surface area contributed by atoms with E-state index in [-0.39, 0.29) is 24.3 Å². The van der Waals surface area contributed by atoms with Crippen LogP contribution in [-0.2, 0) is 0 Å². The Kier molecular flexibility index (Phi) is 6.29. The molecule has 0 aromatic rings. The summed E-state index contributed by atoms with van der Waals surface area (Å²) in [6, 6.07) is 0. The van der Waals surface area contributed by atoms with E-state index in [0.29, 0.717) is 0 Å². The van der Waals surface area contributed by atoms with Gasteiger partial charge in [0.15, 0.2) is 0 Å². The van der Waals surface area contributed by atoms with Crippen LogP contribution >= 0.6 is 0 Å². The summed E-state index contributed by atoms with van der Waals surface area (Å²) in [5.74, 6) is -2.82. The molecule has 2 nitrogen and oxygen atoms in total. The molecule has 0 atom stereocenters. The maximum absolute atomic E-state index is 12.2. The van der Waals surface area contributed by atoms with Crippen LogP contribution in [-0.4, -0.2) is 17.6 Å². The van der Waals surface area contributed by atoms with E-state index >= 15 is 0 Å². The van der Waals surface area contributed by atoms with Crippen LogP contribution in [0, 0.1) is 0 Å². The SMILES string of the molecule is FC1(F)C=CC=NC=C1.[Li+].[OH-]. The smallest absolute Gasteiger partial charge is 0.870 e. The van der Waals surface area contributed by atoms with Gasteiger partial charge in [0.05, 0.1) is 0 Å². The first-order valence-electron chi connectivity index (χ1n) is 2.47. The van der Waals surface area contributed by atoms with Gasteiger partial charge in [-0.3, -0.25) is 4.99 Å². The average Bonchev–Trinajstić information content (AvgIpc) is 1.92. The van der Waals surface area contributed by atoms with Crippen molar-refractivity contribution in [2.45, 2.75) is 5.92 Å². The van der Waals surface area contributed by atoms with E-state index in [4.69, 9.17) is 0 Å². The number of hydrogen-bond acceptors (Lipinski definition) is 2. The summed E-state index contributed by atoms with van der Waals surface area (Å²) in [5.41, 5.74) is 0. The predicted molar refractivity (Wildman–Crippen MR) is 33.7 cm³/mol. The zero-order valence-electron chi connectivity index (χ0n) is 6.04. The maximum Gasteiger partial charge on any atom is 1.00 e. The molecule has 5 heteroatoms. The summed E-state index contributed by atoms with van der Waals surface area (Å²) in [6.07, 6.45) is 5.16. The molecule has 0 fully saturated rings. The van der Waals surface area contributed by atoms with Gasteiger partial charge in [0, 0.05) is 18.5 Å². The van der Waals surface area contributed by atoms with Gasteiger partial charge in [0.2, 0.25) is 0 Å². The Hall–Kier alpha value is -0.433. The van der Waals surface area contributed by atoms with Crippen molar-refractivity contribution < 1.29 is 33.1 Å². The molecule has 0 bridgehead atoms. The van der Waals surface area contributed by atoms with Crippen molar-refractivity contribution in [2.24, 2.45) is 4.99 Å². The van der Waals surface area contributed by atoms with Crippen molar-refractivity contribution in [3.8, 4) is 0 Å². The maximum atomic E-state index is 12.2. The predicted octanol–water partition coefficient (Wildman–Crippen LogP) is -1.40. The van der Waals surface area contributed by atoms with Gasteiger partial charge in [0.1, 0.15) is 0 Å². The fourth-order valence-electron chi connectivity index (χ4n) is 0.469.